The van der Waals surface area contributed by atoms with Gasteiger partial charge in [-0.25, -0.2) is 8.42 Å². The van der Waals surface area contributed by atoms with Crippen molar-refractivity contribution in [1.29, 1.82) is 0 Å². The van der Waals surface area contributed by atoms with Gasteiger partial charge in [0.25, 0.3) is 5.91 Å². The molecule has 0 bridgehead atoms. The van der Waals surface area contributed by atoms with Crippen LogP contribution >= 0.6 is 0 Å². The van der Waals surface area contributed by atoms with Crippen molar-refractivity contribution >= 4 is 15.7 Å². The molecule has 1 atom stereocenters. The molecule has 0 spiro atoms. The molecule has 2 aromatic rings. The molecule has 0 radical (unpaired) electrons. The van der Waals surface area contributed by atoms with E-state index in [1.807, 2.05) is 25.1 Å². The number of carbonyl (C=O) groups excluding carboxylic acids is 1. The number of nitrogens with zero attached hydrogens (tertiary/aromatic N) is 2. The van der Waals surface area contributed by atoms with Crippen LogP contribution in [0.15, 0.2) is 36.5 Å². The number of hydrogen-bond acceptors (Lipinski definition) is 4. The molecule has 2 heterocycles. The largest absolute Gasteiger partial charge is 0.352 e. The summed E-state index contributed by atoms with van der Waals surface area (Å²) in [4.78, 5) is 12.3. The molecule has 0 aliphatic carbocycles. The molecule has 25 heavy (non-hydrogen) atoms. The molecule has 0 saturated carbocycles. The molecular formula is C18H23N3O3S. The number of aromatic nitrogens is 2. The van der Waals surface area contributed by atoms with Gasteiger partial charge in [0.15, 0.2) is 9.84 Å². The highest BCUT2D eigenvalue weighted by molar-refractivity contribution is 7.91. The first-order valence-electron chi connectivity index (χ1n) is 8.53. The van der Waals surface area contributed by atoms with Crippen LogP contribution in [0.5, 0.6) is 0 Å². The van der Waals surface area contributed by atoms with E-state index < -0.39 is 9.84 Å². The highest BCUT2D eigenvalue weighted by Gasteiger charge is 2.31. The monoisotopic (exact) mass is 361 g/mol. The molecule has 134 valence electrons. The number of amides is 1. The van der Waals surface area contributed by atoms with Gasteiger partial charge >= 0.3 is 0 Å². The maximum atomic E-state index is 12.3. The quantitative estimate of drug-likeness (QED) is 0.797. The molecule has 1 aliphatic heterocycles. The Labute approximate surface area is 148 Å². The summed E-state index contributed by atoms with van der Waals surface area (Å²) in [6.45, 7) is 2.41. The summed E-state index contributed by atoms with van der Waals surface area (Å²) in [5.74, 6) is 0.142. The fourth-order valence-corrected chi connectivity index (χ4v) is 4.91. The lowest BCUT2D eigenvalue weighted by atomic mass is 10.1. The van der Waals surface area contributed by atoms with Crippen LogP contribution in [0.25, 0.3) is 0 Å². The summed E-state index contributed by atoms with van der Waals surface area (Å²) >= 11 is 0. The first-order valence-corrected chi connectivity index (χ1v) is 10.3. The number of sulfone groups is 1. The van der Waals surface area contributed by atoms with Crippen molar-refractivity contribution in [3.63, 3.8) is 0 Å². The average Bonchev–Trinajstić information content (AvgIpc) is 3.14. The zero-order chi connectivity index (χ0) is 17.9. The number of nitrogens with one attached hydrogen (secondary N) is 1. The van der Waals surface area contributed by atoms with Crippen molar-refractivity contribution in [3.05, 3.63) is 53.3 Å². The van der Waals surface area contributed by atoms with Crippen LogP contribution in [-0.2, 0) is 16.3 Å². The van der Waals surface area contributed by atoms with E-state index in [-0.39, 0.29) is 23.5 Å². The van der Waals surface area contributed by atoms with Gasteiger partial charge in [-0.2, -0.15) is 5.10 Å². The van der Waals surface area contributed by atoms with Crippen LogP contribution in [0.3, 0.4) is 0 Å². The second-order valence-corrected chi connectivity index (χ2v) is 8.72. The molecule has 1 N–H and O–H groups in total. The van der Waals surface area contributed by atoms with Crippen LogP contribution in [0.4, 0.5) is 0 Å². The van der Waals surface area contributed by atoms with Crippen LogP contribution in [-0.4, -0.2) is 42.2 Å². The van der Waals surface area contributed by atoms with Gasteiger partial charge in [0.05, 0.1) is 29.3 Å². The fourth-order valence-electron chi connectivity index (χ4n) is 3.22. The first kappa shape index (κ1) is 17.7. The molecular weight excluding hydrogens is 338 g/mol. The van der Waals surface area contributed by atoms with Crippen molar-refractivity contribution in [2.75, 3.05) is 18.1 Å². The minimum atomic E-state index is -2.98. The Bertz CT molecular complexity index is 844. The molecule has 1 fully saturated rings. The fraction of sp³-hybridized carbons (Fsp3) is 0.444. The third kappa shape index (κ3) is 4.28. The minimum Gasteiger partial charge on any atom is -0.352 e. The van der Waals surface area contributed by atoms with E-state index in [0.29, 0.717) is 18.5 Å². The molecule has 1 amide bonds. The number of carbonyl (C=O) groups is 1. The zero-order valence-electron chi connectivity index (χ0n) is 14.3. The molecule has 7 heteroatoms. The van der Waals surface area contributed by atoms with E-state index in [1.165, 1.54) is 11.8 Å². The van der Waals surface area contributed by atoms with Crippen molar-refractivity contribution in [1.82, 2.24) is 15.1 Å². The normalized spacial score (nSPS) is 19.0. The Morgan fingerprint density at radius 3 is 2.76 bits per heavy atom. The second kappa shape index (κ2) is 7.39. The van der Waals surface area contributed by atoms with E-state index >= 15 is 0 Å². The van der Waals surface area contributed by atoms with Gasteiger partial charge in [0.2, 0.25) is 0 Å². The zero-order valence-corrected chi connectivity index (χ0v) is 15.1. The Balaban J connectivity index is 1.54. The van der Waals surface area contributed by atoms with E-state index in [4.69, 9.17) is 0 Å². The third-order valence-electron chi connectivity index (χ3n) is 4.61. The van der Waals surface area contributed by atoms with Crippen LogP contribution in [0.2, 0.25) is 0 Å². The molecule has 1 aromatic carbocycles. The summed E-state index contributed by atoms with van der Waals surface area (Å²) in [5, 5.41) is 7.17. The van der Waals surface area contributed by atoms with Crippen molar-refractivity contribution in [3.8, 4) is 0 Å². The summed E-state index contributed by atoms with van der Waals surface area (Å²) < 4.78 is 25.0. The smallest absolute Gasteiger partial charge is 0.254 e. The van der Waals surface area contributed by atoms with Gasteiger partial charge < -0.3 is 5.32 Å². The van der Waals surface area contributed by atoms with E-state index in [1.54, 1.807) is 4.68 Å². The number of hydrogen-bond donors (Lipinski definition) is 1. The van der Waals surface area contributed by atoms with Gasteiger partial charge in [-0.1, -0.05) is 30.3 Å². The summed E-state index contributed by atoms with van der Waals surface area (Å²) in [6, 6.07) is 9.99. The molecule has 1 unspecified atom stereocenters. The summed E-state index contributed by atoms with van der Waals surface area (Å²) in [5.41, 5.74) is 2.50. The topological polar surface area (TPSA) is 81.1 Å². The maximum absolute atomic E-state index is 12.3. The molecule has 6 nitrogen and oxygen atoms in total. The van der Waals surface area contributed by atoms with Crippen molar-refractivity contribution in [2.45, 2.75) is 32.2 Å². The molecule has 1 aliphatic rings. The Kier molecular flexibility index (Phi) is 5.22. The maximum Gasteiger partial charge on any atom is 0.254 e. The number of rotatable bonds is 6. The van der Waals surface area contributed by atoms with Gasteiger partial charge in [0.1, 0.15) is 0 Å². The first-order chi connectivity index (χ1) is 12.0. The third-order valence-corrected chi connectivity index (χ3v) is 6.36. The van der Waals surface area contributed by atoms with E-state index in [0.717, 1.165) is 18.5 Å². The average molecular weight is 361 g/mol. The second-order valence-electron chi connectivity index (χ2n) is 6.49. The van der Waals surface area contributed by atoms with Crippen LogP contribution in [0, 0.1) is 6.92 Å². The predicted octanol–water partition coefficient (Wildman–Crippen LogP) is 1.91. The van der Waals surface area contributed by atoms with Crippen LogP contribution < -0.4 is 5.32 Å². The standard InChI is InChI=1S/C18H23N3O3S/c1-14-17(12-20-21(14)16-9-11-25(23,24)13-16)18(22)19-10-5-8-15-6-3-2-4-7-15/h2-4,6-7,12,16H,5,8-11,13H2,1H3,(H,19,22). The van der Waals surface area contributed by atoms with Gasteiger partial charge in [-0.05, 0) is 31.7 Å². The lowest BCUT2D eigenvalue weighted by molar-refractivity contribution is 0.0952. The molecule has 3 rings (SSSR count). The van der Waals surface area contributed by atoms with Gasteiger partial charge in [-0.15, -0.1) is 0 Å². The highest BCUT2D eigenvalue weighted by Crippen LogP contribution is 2.25. The minimum absolute atomic E-state index is 0.105. The van der Waals surface area contributed by atoms with E-state index in [9.17, 15) is 13.2 Å². The Hall–Kier alpha value is -2.15. The van der Waals surface area contributed by atoms with Gasteiger partial charge in [0, 0.05) is 12.2 Å². The van der Waals surface area contributed by atoms with E-state index in [2.05, 4.69) is 22.5 Å². The molecule has 1 aromatic heterocycles. The van der Waals surface area contributed by atoms with Crippen molar-refractivity contribution < 1.29 is 13.2 Å². The number of benzene rings is 1. The van der Waals surface area contributed by atoms with Crippen LogP contribution in [0.1, 0.15) is 40.5 Å². The van der Waals surface area contributed by atoms with Crippen molar-refractivity contribution in [2.24, 2.45) is 0 Å². The molecule has 1 saturated heterocycles. The van der Waals surface area contributed by atoms with Gasteiger partial charge in [-0.3, -0.25) is 9.48 Å². The highest BCUT2D eigenvalue weighted by atomic mass is 32.2. The Morgan fingerprint density at radius 1 is 1.32 bits per heavy atom. The lowest BCUT2D eigenvalue weighted by Gasteiger charge is -2.11. The number of aryl methyl sites for hydroxylation is 1. The SMILES string of the molecule is Cc1c(C(=O)NCCCc2ccccc2)cnn1C1CCS(=O)(=O)C1. The Morgan fingerprint density at radius 2 is 2.08 bits per heavy atom. The summed E-state index contributed by atoms with van der Waals surface area (Å²) in [6.07, 6.45) is 3.87. The summed E-state index contributed by atoms with van der Waals surface area (Å²) in [7, 11) is -2.98. The lowest BCUT2D eigenvalue weighted by Crippen LogP contribution is -2.25. The predicted molar refractivity (Wildman–Crippen MR) is 96.4 cm³/mol.